The van der Waals surface area contributed by atoms with E-state index in [1.54, 1.807) is 0 Å². The number of hydrogen-bond donors (Lipinski definition) is 1. The number of amides is 1. The predicted molar refractivity (Wildman–Crippen MR) is 80.3 cm³/mol. The molecule has 18 heavy (non-hydrogen) atoms. The summed E-state index contributed by atoms with van der Waals surface area (Å²) in [5.74, 6) is 1.38. The molecule has 1 heterocycles. The van der Waals surface area contributed by atoms with Crippen molar-refractivity contribution in [1.29, 1.82) is 0 Å². The Labute approximate surface area is 121 Å². The molecular weight excluding hydrogens is 268 g/mol. The van der Waals surface area contributed by atoms with E-state index in [-0.39, 0.29) is 22.6 Å². The largest absolute Gasteiger partial charge is 0.340 e. The van der Waals surface area contributed by atoms with Gasteiger partial charge in [-0.1, -0.05) is 12.8 Å². The van der Waals surface area contributed by atoms with E-state index in [1.807, 2.05) is 11.8 Å². The number of carbonyl (C=O) groups is 1. The minimum atomic E-state index is -0.224. The molecule has 1 saturated heterocycles. The zero-order valence-electron chi connectivity index (χ0n) is 11.4. The van der Waals surface area contributed by atoms with Crippen molar-refractivity contribution in [3.8, 4) is 0 Å². The fourth-order valence-electron chi connectivity index (χ4n) is 3.08. The standard InChI is InChI=1S/C13H24N2OS.ClH/c1-12(2)10-15(7-8-17-12)11(16)13(9-14)5-3-4-6-13;/h3-10,14H2,1-2H3;1H. The van der Waals surface area contributed by atoms with Crippen LogP contribution in [0.25, 0.3) is 0 Å². The first-order chi connectivity index (χ1) is 7.99. The molecule has 0 unspecified atom stereocenters. The minimum Gasteiger partial charge on any atom is -0.340 e. The van der Waals surface area contributed by atoms with Gasteiger partial charge in [-0.05, 0) is 26.7 Å². The summed E-state index contributed by atoms with van der Waals surface area (Å²) in [7, 11) is 0. The molecule has 2 aliphatic rings. The van der Waals surface area contributed by atoms with Crippen molar-refractivity contribution in [1.82, 2.24) is 4.90 Å². The summed E-state index contributed by atoms with van der Waals surface area (Å²) < 4.78 is 0.197. The van der Waals surface area contributed by atoms with Crippen molar-refractivity contribution in [3.05, 3.63) is 0 Å². The van der Waals surface area contributed by atoms with E-state index in [4.69, 9.17) is 5.73 Å². The van der Waals surface area contributed by atoms with Crippen LogP contribution in [-0.2, 0) is 4.79 Å². The molecule has 3 nitrogen and oxygen atoms in total. The van der Waals surface area contributed by atoms with Gasteiger partial charge in [0.05, 0.1) is 5.41 Å². The van der Waals surface area contributed by atoms with Crippen LogP contribution in [-0.4, -0.2) is 40.9 Å². The Morgan fingerprint density at radius 1 is 1.33 bits per heavy atom. The quantitative estimate of drug-likeness (QED) is 0.849. The Balaban J connectivity index is 0.00000162. The van der Waals surface area contributed by atoms with Crippen molar-refractivity contribution in [2.75, 3.05) is 25.4 Å². The molecule has 0 aromatic carbocycles. The van der Waals surface area contributed by atoms with Gasteiger partial charge in [-0.2, -0.15) is 11.8 Å². The number of rotatable bonds is 2. The van der Waals surface area contributed by atoms with Gasteiger partial charge in [0.25, 0.3) is 0 Å². The summed E-state index contributed by atoms with van der Waals surface area (Å²) in [6, 6.07) is 0. The van der Waals surface area contributed by atoms with E-state index >= 15 is 0 Å². The fraction of sp³-hybridized carbons (Fsp3) is 0.923. The molecule has 5 heteroatoms. The summed E-state index contributed by atoms with van der Waals surface area (Å²) >= 11 is 1.97. The average molecular weight is 293 g/mol. The zero-order valence-corrected chi connectivity index (χ0v) is 13.0. The summed E-state index contributed by atoms with van der Waals surface area (Å²) in [6.07, 6.45) is 4.31. The molecular formula is C13H25ClN2OS. The molecule has 0 radical (unpaired) electrons. The van der Waals surface area contributed by atoms with E-state index in [2.05, 4.69) is 18.7 Å². The summed E-state index contributed by atoms with van der Waals surface area (Å²) in [5.41, 5.74) is 5.67. The lowest BCUT2D eigenvalue weighted by Crippen LogP contribution is -2.53. The normalized spacial score (nSPS) is 25.6. The van der Waals surface area contributed by atoms with Crippen molar-refractivity contribution >= 4 is 30.1 Å². The first kappa shape index (κ1) is 16.1. The Morgan fingerprint density at radius 3 is 2.44 bits per heavy atom. The van der Waals surface area contributed by atoms with Crippen LogP contribution in [0.2, 0.25) is 0 Å². The highest BCUT2D eigenvalue weighted by Gasteiger charge is 2.44. The number of carbonyl (C=O) groups excluding carboxylic acids is 1. The van der Waals surface area contributed by atoms with Gasteiger partial charge in [0.1, 0.15) is 0 Å². The average Bonchev–Trinajstić information content (AvgIpc) is 2.76. The molecule has 0 spiro atoms. The zero-order chi connectivity index (χ0) is 12.5. The number of thioether (sulfide) groups is 1. The molecule has 0 aromatic rings. The van der Waals surface area contributed by atoms with E-state index in [1.165, 1.54) is 0 Å². The molecule has 0 aromatic heterocycles. The van der Waals surface area contributed by atoms with Crippen molar-refractivity contribution in [2.24, 2.45) is 11.1 Å². The van der Waals surface area contributed by atoms with Gasteiger partial charge in [-0.3, -0.25) is 4.79 Å². The SMILES string of the molecule is CC1(C)CN(C(=O)C2(CN)CCCC2)CCS1.Cl. The topological polar surface area (TPSA) is 46.3 Å². The molecule has 0 atom stereocenters. The lowest BCUT2D eigenvalue weighted by atomic mass is 9.84. The molecule has 0 bridgehead atoms. The predicted octanol–water partition coefficient (Wildman–Crippen LogP) is 2.28. The van der Waals surface area contributed by atoms with E-state index in [0.29, 0.717) is 12.5 Å². The van der Waals surface area contributed by atoms with Crippen LogP contribution < -0.4 is 5.73 Å². The van der Waals surface area contributed by atoms with Crippen LogP contribution >= 0.6 is 24.2 Å². The second kappa shape index (κ2) is 6.02. The van der Waals surface area contributed by atoms with Gasteiger partial charge in [0.2, 0.25) is 5.91 Å². The first-order valence-electron chi connectivity index (χ1n) is 6.63. The fourth-order valence-corrected chi connectivity index (χ4v) is 4.19. The van der Waals surface area contributed by atoms with E-state index in [0.717, 1.165) is 44.5 Å². The third-order valence-electron chi connectivity index (χ3n) is 4.12. The van der Waals surface area contributed by atoms with Gasteiger partial charge in [0, 0.05) is 30.1 Å². The lowest BCUT2D eigenvalue weighted by Gasteiger charge is -2.41. The third-order valence-corrected chi connectivity index (χ3v) is 5.42. The van der Waals surface area contributed by atoms with E-state index < -0.39 is 0 Å². The van der Waals surface area contributed by atoms with Gasteiger partial charge in [-0.25, -0.2) is 0 Å². The van der Waals surface area contributed by atoms with Gasteiger partial charge in [-0.15, -0.1) is 12.4 Å². The maximum Gasteiger partial charge on any atom is 0.230 e. The molecule has 106 valence electrons. The number of nitrogens with zero attached hydrogens (tertiary/aromatic N) is 1. The highest BCUT2D eigenvalue weighted by molar-refractivity contribution is 8.00. The van der Waals surface area contributed by atoms with E-state index in [9.17, 15) is 4.79 Å². The highest BCUT2D eigenvalue weighted by Crippen LogP contribution is 2.40. The molecule has 1 aliphatic carbocycles. The van der Waals surface area contributed by atoms with Crippen molar-refractivity contribution < 1.29 is 4.79 Å². The van der Waals surface area contributed by atoms with Crippen molar-refractivity contribution in [3.63, 3.8) is 0 Å². The van der Waals surface area contributed by atoms with Crippen LogP contribution in [0.4, 0.5) is 0 Å². The maximum absolute atomic E-state index is 12.7. The van der Waals surface area contributed by atoms with Gasteiger partial charge >= 0.3 is 0 Å². The lowest BCUT2D eigenvalue weighted by molar-refractivity contribution is -0.141. The Hall–Kier alpha value is 0.0700. The highest BCUT2D eigenvalue weighted by atomic mass is 35.5. The molecule has 2 fully saturated rings. The molecule has 1 aliphatic heterocycles. The summed E-state index contributed by atoms with van der Waals surface area (Å²) in [6.45, 7) is 6.74. The summed E-state index contributed by atoms with van der Waals surface area (Å²) in [5, 5.41) is 0. The second-order valence-corrected chi connectivity index (χ2v) is 7.83. The molecule has 2 N–H and O–H groups in total. The number of hydrogen-bond acceptors (Lipinski definition) is 3. The van der Waals surface area contributed by atoms with Crippen LogP contribution in [0.15, 0.2) is 0 Å². The minimum absolute atomic E-state index is 0. The maximum atomic E-state index is 12.7. The van der Waals surface area contributed by atoms with Gasteiger partial charge in [0.15, 0.2) is 0 Å². The third kappa shape index (κ3) is 3.14. The monoisotopic (exact) mass is 292 g/mol. The van der Waals surface area contributed by atoms with Crippen LogP contribution in [0, 0.1) is 5.41 Å². The van der Waals surface area contributed by atoms with Crippen LogP contribution in [0.1, 0.15) is 39.5 Å². The number of halogens is 1. The molecule has 1 amide bonds. The molecule has 1 saturated carbocycles. The van der Waals surface area contributed by atoms with Gasteiger partial charge < -0.3 is 10.6 Å². The first-order valence-corrected chi connectivity index (χ1v) is 7.61. The summed E-state index contributed by atoms with van der Waals surface area (Å²) in [4.78, 5) is 14.7. The van der Waals surface area contributed by atoms with Crippen LogP contribution in [0.5, 0.6) is 0 Å². The second-order valence-electron chi connectivity index (χ2n) is 6.03. The Bertz CT molecular complexity index is 303. The Morgan fingerprint density at radius 2 is 1.94 bits per heavy atom. The smallest absolute Gasteiger partial charge is 0.230 e. The van der Waals surface area contributed by atoms with Crippen LogP contribution in [0.3, 0.4) is 0 Å². The number of nitrogens with two attached hydrogens (primary N) is 1. The van der Waals surface area contributed by atoms with Crippen molar-refractivity contribution in [2.45, 2.75) is 44.3 Å². The Kier molecular flexibility index (Phi) is 5.39. The molecule has 2 rings (SSSR count).